The smallest absolute Gasteiger partial charge is 0.373 e. The van der Waals surface area contributed by atoms with Gasteiger partial charge in [0.2, 0.25) is 0 Å². The monoisotopic (exact) mass is 390 g/mol. The molecule has 0 aliphatic carbocycles. The van der Waals surface area contributed by atoms with Gasteiger partial charge in [0.15, 0.2) is 0 Å². The summed E-state index contributed by atoms with van der Waals surface area (Å²) in [4.78, 5) is 32.2. The lowest BCUT2D eigenvalue weighted by atomic mass is 10.1. The Morgan fingerprint density at radius 1 is 1.03 bits per heavy atom. The van der Waals surface area contributed by atoms with Crippen LogP contribution in [-0.2, 0) is 22.6 Å². The van der Waals surface area contributed by atoms with E-state index in [4.69, 9.17) is 15.3 Å². The zero-order chi connectivity index (χ0) is 21.1. The molecule has 0 aliphatic heterocycles. The van der Waals surface area contributed by atoms with Crippen LogP contribution in [0.3, 0.4) is 0 Å². The minimum atomic E-state index is -0.507. The Hall–Kier alpha value is -3.96. The summed E-state index contributed by atoms with van der Waals surface area (Å²) in [6.45, 7) is 2.72. The number of pyridine rings is 1. The molecule has 29 heavy (non-hydrogen) atoms. The van der Waals surface area contributed by atoms with Crippen LogP contribution in [0.15, 0.2) is 66.9 Å². The number of aromatic nitrogens is 1. The minimum Gasteiger partial charge on any atom is -0.380 e. The first-order chi connectivity index (χ1) is 14.1. The molecule has 2 aromatic carbocycles. The molecule has 0 saturated carbocycles. The Kier molecular flexibility index (Phi) is 8.10. The number of benzene rings is 2. The van der Waals surface area contributed by atoms with Crippen LogP contribution >= 0.6 is 0 Å². The zero-order valence-corrected chi connectivity index (χ0v) is 16.0. The fourth-order valence-electron chi connectivity index (χ4n) is 2.63. The van der Waals surface area contributed by atoms with Gasteiger partial charge in [0.1, 0.15) is 5.82 Å². The second kappa shape index (κ2) is 11.0. The summed E-state index contributed by atoms with van der Waals surface area (Å²) in [5.41, 5.74) is 9.83. The molecular formula is C22H22N4O3. The first-order valence-electron chi connectivity index (χ1n) is 9.00. The van der Waals surface area contributed by atoms with Crippen molar-refractivity contribution in [1.82, 2.24) is 4.98 Å². The van der Waals surface area contributed by atoms with Crippen molar-refractivity contribution in [3.05, 3.63) is 83.6 Å². The maximum Gasteiger partial charge on any atom is 0.373 e. The third-order valence-corrected chi connectivity index (χ3v) is 4.13. The molecule has 0 atom stereocenters. The highest BCUT2D eigenvalue weighted by molar-refractivity contribution is 5.98. The number of anilines is 3. The zero-order valence-electron chi connectivity index (χ0n) is 16.0. The van der Waals surface area contributed by atoms with Gasteiger partial charge < -0.3 is 16.4 Å². The van der Waals surface area contributed by atoms with Crippen molar-refractivity contribution in [2.24, 2.45) is 5.73 Å². The van der Waals surface area contributed by atoms with Gasteiger partial charge in [0, 0.05) is 24.5 Å². The molecule has 1 amide bonds. The lowest BCUT2D eigenvalue weighted by Gasteiger charge is -2.13. The Balaban J connectivity index is 0.000000941. The first kappa shape index (κ1) is 21.3. The summed E-state index contributed by atoms with van der Waals surface area (Å²) in [5.74, 6) is 0.140. The summed E-state index contributed by atoms with van der Waals surface area (Å²) in [5, 5.41) is 6.53. The van der Waals surface area contributed by atoms with E-state index < -0.39 is 5.91 Å². The van der Waals surface area contributed by atoms with Crippen molar-refractivity contribution in [3.63, 3.8) is 0 Å². The van der Waals surface area contributed by atoms with Crippen LogP contribution in [0.4, 0.5) is 17.2 Å². The Morgan fingerprint density at radius 3 is 2.28 bits per heavy atom. The molecule has 0 spiro atoms. The number of primary amides is 1. The van der Waals surface area contributed by atoms with Crippen LogP contribution in [0.2, 0.25) is 0 Å². The molecule has 148 valence electrons. The number of nitrogens with two attached hydrogens (primary N) is 1. The van der Waals surface area contributed by atoms with Gasteiger partial charge in [-0.05, 0) is 29.7 Å². The highest BCUT2D eigenvalue weighted by atomic mass is 16.2. The Bertz CT molecular complexity index is 967. The second-order valence-electron chi connectivity index (χ2n) is 6.08. The van der Waals surface area contributed by atoms with Crippen molar-refractivity contribution in [3.8, 4) is 0 Å². The Morgan fingerprint density at radius 2 is 1.69 bits per heavy atom. The van der Waals surface area contributed by atoms with Crippen molar-refractivity contribution < 1.29 is 14.4 Å². The highest BCUT2D eigenvalue weighted by Crippen LogP contribution is 2.22. The topological polar surface area (TPSA) is 114 Å². The molecular weight excluding hydrogens is 368 g/mol. The van der Waals surface area contributed by atoms with Crippen molar-refractivity contribution in [2.45, 2.75) is 19.9 Å². The van der Waals surface area contributed by atoms with Crippen LogP contribution in [0.25, 0.3) is 0 Å². The fourth-order valence-corrected chi connectivity index (χ4v) is 2.63. The van der Waals surface area contributed by atoms with Gasteiger partial charge in [-0.25, -0.2) is 4.98 Å². The molecule has 0 aliphatic rings. The third-order valence-electron chi connectivity index (χ3n) is 4.13. The average molecular weight is 390 g/mol. The summed E-state index contributed by atoms with van der Waals surface area (Å²) < 4.78 is 0. The van der Waals surface area contributed by atoms with E-state index in [0.29, 0.717) is 23.6 Å². The van der Waals surface area contributed by atoms with Gasteiger partial charge in [-0.2, -0.15) is 9.59 Å². The highest BCUT2D eigenvalue weighted by Gasteiger charge is 2.10. The number of amides is 1. The van der Waals surface area contributed by atoms with Gasteiger partial charge in [-0.1, -0.05) is 49.4 Å². The van der Waals surface area contributed by atoms with Crippen LogP contribution in [0.5, 0.6) is 0 Å². The molecule has 0 fully saturated rings. The number of rotatable bonds is 7. The van der Waals surface area contributed by atoms with E-state index in [1.54, 1.807) is 6.07 Å². The van der Waals surface area contributed by atoms with Gasteiger partial charge in [-0.15, -0.1) is 0 Å². The number of nitrogens with one attached hydrogen (secondary N) is 2. The normalized spacial score (nSPS) is 9.55. The second-order valence-corrected chi connectivity index (χ2v) is 6.08. The van der Waals surface area contributed by atoms with E-state index in [1.807, 2.05) is 42.5 Å². The van der Waals surface area contributed by atoms with Crippen LogP contribution < -0.4 is 16.4 Å². The number of hydrogen-bond donors (Lipinski definition) is 3. The molecule has 3 aromatic rings. The number of carbonyl (C=O) groups is 1. The minimum absolute atomic E-state index is 0.250. The van der Waals surface area contributed by atoms with E-state index in [0.717, 1.165) is 17.7 Å². The quantitative estimate of drug-likeness (QED) is 0.569. The van der Waals surface area contributed by atoms with Crippen molar-refractivity contribution >= 4 is 29.3 Å². The molecule has 0 saturated heterocycles. The molecule has 4 N–H and O–H groups in total. The van der Waals surface area contributed by atoms with Crippen LogP contribution in [-0.4, -0.2) is 17.0 Å². The summed E-state index contributed by atoms with van der Waals surface area (Å²) in [6.07, 6.45) is 2.75. The molecule has 1 aromatic heterocycles. The molecule has 0 bridgehead atoms. The third kappa shape index (κ3) is 6.61. The van der Waals surface area contributed by atoms with Crippen molar-refractivity contribution in [2.75, 3.05) is 10.6 Å². The first-order valence-corrected chi connectivity index (χ1v) is 9.00. The molecule has 7 heteroatoms. The summed E-state index contributed by atoms with van der Waals surface area (Å²) >= 11 is 0. The molecule has 0 radical (unpaired) electrons. The van der Waals surface area contributed by atoms with E-state index in [2.05, 4.69) is 34.7 Å². The average Bonchev–Trinajstić information content (AvgIpc) is 2.74. The van der Waals surface area contributed by atoms with E-state index in [9.17, 15) is 4.79 Å². The van der Waals surface area contributed by atoms with Gasteiger partial charge in [-0.3, -0.25) is 4.79 Å². The van der Waals surface area contributed by atoms with Crippen molar-refractivity contribution in [1.29, 1.82) is 0 Å². The molecule has 0 unspecified atom stereocenters. The predicted molar refractivity (Wildman–Crippen MR) is 111 cm³/mol. The molecule has 7 nitrogen and oxygen atoms in total. The maximum atomic E-state index is 11.7. The van der Waals surface area contributed by atoms with Crippen LogP contribution in [0.1, 0.15) is 28.4 Å². The van der Waals surface area contributed by atoms with E-state index in [1.165, 1.54) is 11.8 Å². The number of nitrogens with zero attached hydrogens (tertiary/aromatic N) is 1. The lowest BCUT2D eigenvalue weighted by molar-refractivity contribution is -0.191. The van der Waals surface area contributed by atoms with Crippen LogP contribution in [0, 0.1) is 0 Å². The van der Waals surface area contributed by atoms with Gasteiger partial charge in [0.25, 0.3) is 5.91 Å². The number of aryl methyl sites for hydroxylation is 1. The predicted octanol–water partition coefficient (Wildman–Crippen LogP) is 3.52. The Labute approximate surface area is 169 Å². The molecule has 1 heterocycles. The maximum absolute atomic E-state index is 11.7. The molecule has 3 rings (SSSR count). The summed E-state index contributed by atoms with van der Waals surface area (Å²) in [7, 11) is 0. The fraction of sp³-hybridized carbons (Fsp3) is 0.136. The van der Waals surface area contributed by atoms with E-state index >= 15 is 0 Å². The summed E-state index contributed by atoms with van der Waals surface area (Å²) in [6, 6.07) is 20.0. The number of hydrogen-bond acceptors (Lipinski definition) is 6. The largest absolute Gasteiger partial charge is 0.380 e. The lowest BCUT2D eigenvalue weighted by Crippen LogP contribution is -2.15. The van der Waals surface area contributed by atoms with Gasteiger partial charge >= 0.3 is 6.15 Å². The number of carbonyl (C=O) groups excluding carboxylic acids is 3. The van der Waals surface area contributed by atoms with Gasteiger partial charge in [0.05, 0.1) is 11.3 Å². The standard InChI is InChI=1S/C21H22N4O.CO2/c1-2-15-8-10-17(11-9-15)25-20-12-19(18(14-24-20)21(22)26)23-13-16-6-4-3-5-7-16;2-1-3/h3-12,14H,2,13H2,1H3,(H2,22,26)(H2,23,24,25);. The van der Waals surface area contributed by atoms with E-state index in [-0.39, 0.29) is 6.15 Å². The SMILES string of the molecule is CCc1ccc(Nc2cc(NCc3ccccc3)c(C(N)=O)cn2)cc1.O=C=O.